The summed E-state index contributed by atoms with van der Waals surface area (Å²) in [4.78, 5) is 23.1. The predicted octanol–water partition coefficient (Wildman–Crippen LogP) is 1.63. The highest BCUT2D eigenvalue weighted by Crippen LogP contribution is 2.25. The van der Waals surface area contributed by atoms with Gasteiger partial charge in [-0.1, -0.05) is 0 Å². The normalized spacial score (nSPS) is 10.1. The molecular weight excluding hydrogens is 276 g/mol. The second-order valence-corrected chi connectivity index (χ2v) is 4.27. The monoisotopic (exact) mass is 288 g/mol. The van der Waals surface area contributed by atoms with E-state index in [9.17, 15) is 19.8 Å². The van der Waals surface area contributed by atoms with Gasteiger partial charge in [-0.05, 0) is 30.3 Å². The molecule has 0 heterocycles. The van der Waals surface area contributed by atoms with E-state index in [1.54, 1.807) is 0 Å². The highest BCUT2D eigenvalue weighted by Gasteiger charge is 2.16. The fraction of sp³-hybridized carbons (Fsp3) is 0. The number of aromatic hydroxyl groups is 2. The fourth-order valence-electron chi connectivity index (χ4n) is 1.75. The molecule has 2 aromatic rings. The Morgan fingerprint density at radius 2 is 1.71 bits per heavy atom. The summed E-state index contributed by atoms with van der Waals surface area (Å²) < 4.78 is 0. The summed E-state index contributed by atoms with van der Waals surface area (Å²) in [6.45, 7) is 0. The number of carbonyl (C=O) groups is 2. The summed E-state index contributed by atoms with van der Waals surface area (Å²) in [5.74, 6) is -2.56. The van der Waals surface area contributed by atoms with Crippen molar-refractivity contribution in [3.05, 3.63) is 47.5 Å². The lowest BCUT2D eigenvalue weighted by Gasteiger charge is -2.10. The number of rotatable bonds is 3. The molecule has 0 atom stereocenters. The molecule has 0 radical (unpaired) electrons. The quantitative estimate of drug-likeness (QED) is 0.545. The number of hydrogen-bond acceptors (Lipinski definition) is 5. The summed E-state index contributed by atoms with van der Waals surface area (Å²) >= 11 is 0. The number of nitrogen functional groups attached to an aromatic ring is 1. The topological polar surface area (TPSA) is 133 Å². The minimum Gasteiger partial charge on any atom is -0.508 e. The van der Waals surface area contributed by atoms with Gasteiger partial charge in [0.2, 0.25) is 0 Å². The van der Waals surface area contributed by atoms with Crippen LogP contribution in [0.2, 0.25) is 0 Å². The highest BCUT2D eigenvalue weighted by molar-refractivity contribution is 6.09. The van der Waals surface area contributed by atoms with E-state index in [1.807, 2.05) is 0 Å². The lowest BCUT2D eigenvalue weighted by molar-refractivity contribution is 0.0698. The maximum Gasteiger partial charge on any atom is 0.337 e. The minimum absolute atomic E-state index is 0.0502. The van der Waals surface area contributed by atoms with E-state index in [-0.39, 0.29) is 28.3 Å². The van der Waals surface area contributed by atoms with Crippen molar-refractivity contribution in [1.82, 2.24) is 0 Å². The van der Waals surface area contributed by atoms with Gasteiger partial charge in [0.1, 0.15) is 11.5 Å². The van der Waals surface area contributed by atoms with E-state index in [0.717, 1.165) is 6.07 Å². The number of carboxylic acid groups (broad SMARTS) is 1. The molecule has 0 aliphatic rings. The van der Waals surface area contributed by atoms with Crippen LogP contribution in [0.15, 0.2) is 36.4 Å². The van der Waals surface area contributed by atoms with Gasteiger partial charge in [-0.3, -0.25) is 4.79 Å². The van der Waals surface area contributed by atoms with E-state index in [4.69, 9.17) is 10.8 Å². The molecule has 0 fully saturated rings. The van der Waals surface area contributed by atoms with Crippen LogP contribution in [0.3, 0.4) is 0 Å². The van der Waals surface area contributed by atoms with Crippen LogP contribution in [0, 0.1) is 0 Å². The Balaban J connectivity index is 2.34. The second-order valence-electron chi connectivity index (χ2n) is 4.27. The molecule has 1 amide bonds. The molecule has 0 saturated carbocycles. The summed E-state index contributed by atoms with van der Waals surface area (Å²) in [6.07, 6.45) is 0. The number of aromatic carboxylic acids is 1. The van der Waals surface area contributed by atoms with E-state index < -0.39 is 17.6 Å². The molecule has 108 valence electrons. The van der Waals surface area contributed by atoms with Crippen molar-refractivity contribution in [2.24, 2.45) is 0 Å². The summed E-state index contributed by atoms with van der Waals surface area (Å²) in [6, 6.07) is 7.48. The zero-order valence-electron chi connectivity index (χ0n) is 10.7. The third-order valence-corrected chi connectivity index (χ3v) is 2.75. The number of nitrogens with one attached hydrogen (secondary N) is 1. The fourth-order valence-corrected chi connectivity index (χ4v) is 1.75. The van der Waals surface area contributed by atoms with Gasteiger partial charge in [0, 0.05) is 11.8 Å². The Labute approximate surface area is 119 Å². The number of hydrogen-bond donors (Lipinski definition) is 5. The van der Waals surface area contributed by atoms with E-state index in [1.165, 1.54) is 30.3 Å². The average Bonchev–Trinajstić information content (AvgIpc) is 2.40. The van der Waals surface area contributed by atoms with Gasteiger partial charge in [-0.15, -0.1) is 0 Å². The van der Waals surface area contributed by atoms with Crippen molar-refractivity contribution >= 4 is 23.3 Å². The number of anilines is 2. The summed E-state index contributed by atoms with van der Waals surface area (Å²) in [7, 11) is 0. The largest absolute Gasteiger partial charge is 0.508 e. The van der Waals surface area contributed by atoms with Crippen LogP contribution in [-0.4, -0.2) is 27.2 Å². The molecular formula is C14H12N2O5. The third kappa shape index (κ3) is 3.03. The number of nitrogens with two attached hydrogens (primary N) is 1. The van der Waals surface area contributed by atoms with Crippen molar-refractivity contribution in [3.63, 3.8) is 0 Å². The predicted molar refractivity (Wildman–Crippen MR) is 75.5 cm³/mol. The molecule has 2 rings (SSSR count). The Morgan fingerprint density at radius 1 is 1.00 bits per heavy atom. The van der Waals surface area contributed by atoms with Crippen LogP contribution in [0.5, 0.6) is 11.5 Å². The number of amides is 1. The number of benzene rings is 2. The van der Waals surface area contributed by atoms with Gasteiger partial charge in [0.05, 0.1) is 16.8 Å². The Bertz CT molecular complexity index is 727. The summed E-state index contributed by atoms with van der Waals surface area (Å²) in [5, 5.41) is 30.2. The van der Waals surface area contributed by atoms with Gasteiger partial charge in [0.15, 0.2) is 0 Å². The maximum absolute atomic E-state index is 12.0. The first-order valence-electron chi connectivity index (χ1n) is 5.84. The average molecular weight is 288 g/mol. The van der Waals surface area contributed by atoms with Gasteiger partial charge in [0.25, 0.3) is 5.91 Å². The lowest BCUT2D eigenvalue weighted by atomic mass is 10.1. The number of phenolic OH excluding ortho intramolecular Hbond substituents is 2. The third-order valence-electron chi connectivity index (χ3n) is 2.75. The molecule has 0 bridgehead atoms. The Kier molecular flexibility index (Phi) is 3.66. The Hall–Kier alpha value is -3.22. The van der Waals surface area contributed by atoms with Crippen molar-refractivity contribution < 1.29 is 24.9 Å². The highest BCUT2D eigenvalue weighted by atomic mass is 16.4. The summed E-state index contributed by atoms with van der Waals surface area (Å²) in [5.41, 5.74) is 5.54. The number of phenols is 2. The molecule has 0 aliphatic heterocycles. The molecule has 6 N–H and O–H groups in total. The molecule has 2 aromatic carbocycles. The molecule has 7 nitrogen and oxygen atoms in total. The van der Waals surface area contributed by atoms with Crippen LogP contribution >= 0.6 is 0 Å². The van der Waals surface area contributed by atoms with Crippen molar-refractivity contribution in [2.45, 2.75) is 0 Å². The SMILES string of the molecule is Nc1ccc(NC(=O)c2ccc(O)cc2O)c(C(=O)O)c1. The van der Waals surface area contributed by atoms with Gasteiger partial charge < -0.3 is 26.4 Å². The standard InChI is InChI=1S/C14H12N2O5/c15-7-1-4-11(10(5-7)14(20)21)16-13(19)9-3-2-8(17)6-12(9)18/h1-6,17-18H,15H2,(H,16,19)(H,20,21). The zero-order valence-corrected chi connectivity index (χ0v) is 10.7. The maximum atomic E-state index is 12.0. The van der Waals surface area contributed by atoms with E-state index in [0.29, 0.717) is 0 Å². The van der Waals surface area contributed by atoms with Crippen molar-refractivity contribution in [3.8, 4) is 11.5 Å². The van der Waals surface area contributed by atoms with Crippen LogP contribution in [0.4, 0.5) is 11.4 Å². The van der Waals surface area contributed by atoms with E-state index >= 15 is 0 Å². The number of carboxylic acids is 1. The molecule has 7 heteroatoms. The Morgan fingerprint density at radius 3 is 2.33 bits per heavy atom. The van der Waals surface area contributed by atoms with Crippen LogP contribution in [0.25, 0.3) is 0 Å². The molecule has 0 spiro atoms. The van der Waals surface area contributed by atoms with Crippen LogP contribution < -0.4 is 11.1 Å². The van der Waals surface area contributed by atoms with E-state index in [2.05, 4.69) is 5.32 Å². The molecule has 0 unspecified atom stereocenters. The van der Waals surface area contributed by atoms with Crippen LogP contribution in [0.1, 0.15) is 20.7 Å². The first-order chi connectivity index (χ1) is 9.88. The van der Waals surface area contributed by atoms with Crippen molar-refractivity contribution in [1.29, 1.82) is 0 Å². The second kappa shape index (κ2) is 5.41. The van der Waals surface area contributed by atoms with Crippen molar-refractivity contribution in [2.75, 3.05) is 11.1 Å². The minimum atomic E-state index is -1.24. The number of carbonyl (C=O) groups excluding carboxylic acids is 1. The molecule has 0 saturated heterocycles. The van der Waals surface area contributed by atoms with Gasteiger partial charge in [-0.2, -0.15) is 0 Å². The lowest BCUT2D eigenvalue weighted by Crippen LogP contribution is -2.15. The first-order valence-corrected chi connectivity index (χ1v) is 5.84. The molecule has 21 heavy (non-hydrogen) atoms. The molecule has 0 aromatic heterocycles. The van der Waals surface area contributed by atoms with Gasteiger partial charge in [-0.25, -0.2) is 4.79 Å². The first kappa shape index (κ1) is 14.2. The smallest absolute Gasteiger partial charge is 0.337 e. The molecule has 0 aliphatic carbocycles. The zero-order chi connectivity index (χ0) is 15.6. The van der Waals surface area contributed by atoms with Crippen LogP contribution in [-0.2, 0) is 0 Å². The van der Waals surface area contributed by atoms with Gasteiger partial charge >= 0.3 is 5.97 Å².